The smallest absolute Gasteiger partial charge is 0.356 e. The molecule has 0 aromatic heterocycles. The number of hydroxylamine groups is 1. The summed E-state index contributed by atoms with van der Waals surface area (Å²) < 4.78 is 0. The van der Waals surface area contributed by atoms with E-state index < -0.39 is 5.97 Å². The maximum atomic E-state index is 11.5. The highest BCUT2D eigenvalue weighted by molar-refractivity contribution is 6.30. The lowest BCUT2D eigenvalue weighted by Crippen LogP contribution is -2.37. The van der Waals surface area contributed by atoms with Crippen LogP contribution in [0.25, 0.3) is 0 Å². The molecule has 0 spiro atoms. The summed E-state index contributed by atoms with van der Waals surface area (Å²) in [6, 6.07) is 6.54. The molecule has 0 amide bonds. The number of rotatable bonds is 2. The Morgan fingerprint density at radius 3 is 2.27 bits per heavy atom. The van der Waals surface area contributed by atoms with Crippen molar-refractivity contribution in [3.63, 3.8) is 0 Å². The second-order valence-electron chi connectivity index (χ2n) is 4.25. The van der Waals surface area contributed by atoms with Crippen LogP contribution >= 0.6 is 11.6 Å². The fourth-order valence-corrected chi connectivity index (χ4v) is 0.970. The highest BCUT2D eigenvalue weighted by atomic mass is 35.5. The molecule has 0 saturated carbocycles. The van der Waals surface area contributed by atoms with Gasteiger partial charge in [-0.05, 0) is 45.0 Å². The van der Waals surface area contributed by atoms with Gasteiger partial charge in [0.15, 0.2) is 0 Å². The number of hydrogen-bond donors (Lipinski definition) is 1. The number of halogens is 1. The Balaban J connectivity index is 2.58. The topological polar surface area (TPSA) is 38.3 Å². The van der Waals surface area contributed by atoms with Crippen molar-refractivity contribution in [2.45, 2.75) is 26.3 Å². The summed E-state index contributed by atoms with van der Waals surface area (Å²) >= 11 is 5.70. The Hall–Kier alpha value is -1.06. The van der Waals surface area contributed by atoms with Gasteiger partial charge in [-0.15, -0.1) is 5.48 Å². The Kier molecular flexibility index (Phi) is 3.72. The van der Waals surface area contributed by atoms with E-state index in [9.17, 15) is 4.79 Å². The first kappa shape index (κ1) is 12.0. The van der Waals surface area contributed by atoms with Gasteiger partial charge in [0.25, 0.3) is 0 Å². The lowest BCUT2D eigenvalue weighted by atomic mass is 10.1. The molecule has 15 heavy (non-hydrogen) atoms. The normalized spacial score (nSPS) is 11.2. The van der Waals surface area contributed by atoms with Crippen molar-refractivity contribution in [2.24, 2.45) is 0 Å². The summed E-state index contributed by atoms with van der Waals surface area (Å²) in [7, 11) is 0. The van der Waals surface area contributed by atoms with E-state index in [4.69, 9.17) is 16.4 Å². The third-order valence-electron chi connectivity index (χ3n) is 1.53. The van der Waals surface area contributed by atoms with Crippen LogP contribution in [0.2, 0.25) is 5.02 Å². The van der Waals surface area contributed by atoms with Crippen molar-refractivity contribution in [3.8, 4) is 0 Å². The van der Waals surface area contributed by atoms with Gasteiger partial charge in [-0.1, -0.05) is 11.6 Å². The number of benzene rings is 1. The number of carbonyl (C=O) groups excluding carboxylic acids is 1. The molecule has 0 fully saturated rings. The van der Waals surface area contributed by atoms with E-state index >= 15 is 0 Å². The zero-order valence-electron chi connectivity index (χ0n) is 9.00. The SMILES string of the molecule is CC(C)(C)NOC(=O)c1ccc(Cl)cc1. The third kappa shape index (κ3) is 4.32. The second kappa shape index (κ2) is 4.64. The summed E-state index contributed by atoms with van der Waals surface area (Å²) in [6.45, 7) is 5.71. The van der Waals surface area contributed by atoms with Crippen LogP contribution in [-0.2, 0) is 4.84 Å². The predicted molar refractivity (Wildman–Crippen MR) is 59.8 cm³/mol. The van der Waals surface area contributed by atoms with Crippen LogP contribution in [0.15, 0.2) is 24.3 Å². The molecule has 0 saturated heterocycles. The van der Waals surface area contributed by atoms with Crippen LogP contribution in [0.5, 0.6) is 0 Å². The lowest BCUT2D eigenvalue weighted by molar-refractivity contribution is 0.00466. The summed E-state index contributed by atoms with van der Waals surface area (Å²) in [5.41, 5.74) is 2.86. The fraction of sp³-hybridized carbons (Fsp3) is 0.364. The van der Waals surface area contributed by atoms with Gasteiger partial charge in [0, 0.05) is 10.6 Å². The molecule has 0 aliphatic heterocycles. The second-order valence-corrected chi connectivity index (χ2v) is 4.68. The van der Waals surface area contributed by atoms with Crippen molar-refractivity contribution >= 4 is 17.6 Å². The van der Waals surface area contributed by atoms with Gasteiger partial charge in [0.05, 0.1) is 5.56 Å². The molecule has 1 aromatic carbocycles. The van der Waals surface area contributed by atoms with Gasteiger partial charge >= 0.3 is 5.97 Å². The van der Waals surface area contributed by atoms with Gasteiger partial charge in [-0.25, -0.2) is 4.79 Å². The maximum absolute atomic E-state index is 11.5. The van der Waals surface area contributed by atoms with Crippen molar-refractivity contribution in [1.82, 2.24) is 5.48 Å². The molecule has 0 radical (unpaired) electrons. The number of nitrogens with one attached hydrogen (secondary N) is 1. The largest absolute Gasteiger partial charge is 0.366 e. The monoisotopic (exact) mass is 227 g/mol. The molecule has 0 aliphatic carbocycles. The first-order valence-electron chi connectivity index (χ1n) is 4.62. The van der Waals surface area contributed by atoms with Gasteiger partial charge in [0.2, 0.25) is 0 Å². The highest BCUT2D eigenvalue weighted by Gasteiger charge is 2.13. The van der Waals surface area contributed by atoms with E-state index in [0.29, 0.717) is 10.6 Å². The third-order valence-corrected chi connectivity index (χ3v) is 1.78. The zero-order valence-corrected chi connectivity index (χ0v) is 9.76. The summed E-state index contributed by atoms with van der Waals surface area (Å²) in [5.74, 6) is -0.415. The van der Waals surface area contributed by atoms with E-state index in [2.05, 4.69) is 5.48 Å². The molecule has 3 nitrogen and oxygen atoms in total. The van der Waals surface area contributed by atoms with Crippen LogP contribution < -0.4 is 5.48 Å². The van der Waals surface area contributed by atoms with Crippen LogP contribution in [0.4, 0.5) is 0 Å². The summed E-state index contributed by atoms with van der Waals surface area (Å²) in [5, 5.41) is 0.593. The van der Waals surface area contributed by atoms with Gasteiger partial charge in [0.1, 0.15) is 0 Å². The average molecular weight is 228 g/mol. The molecule has 0 aliphatic rings. The molecule has 0 atom stereocenters. The quantitative estimate of drug-likeness (QED) is 0.790. The average Bonchev–Trinajstić information content (AvgIpc) is 2.14. The van der Waals surface area contributed by atoms with Gasteiger partial charge in [-0.3, -0.25) is 0 Å². The molecule has 1 aromatic rings. The van der Waals surface area contributed by atoms with E-state index in [1.165, 1.54) is 0 Å². The fourth-order valence-electron chi connectivity index (χ4n) is 0.844. The molecule has 4 heteroatoms. The zero-order chi connectivity index (χ0) is 11.5. The van der Waals surface area contributed by atoms with E-state index in [0.717, 1.165) is 0 Å². The van der Waals surface area contributed by atoms with Crippen molar-refractivity contribution < 1.29 is 9.63 Å². The molecule has 0 heterocycles. The van der Waals surface area contributed by atoms with E-state index in [-0.39, 0.29) is 5.54 Å². The Morgan fingerprint density at radius 1 is 1.27 bits per heavy atom. The number of carbonyl (C=O) groups is 1. The number of hydrogen-bond acceptors (Lipinski definition) is 3. The molecule has 82 valence electrons. The molecule has 0 unspecified atom stereocenters. The van der Waals surface area contributed by atoms with E-state index in [1.54, 1.807) is 24.3 Å². The Bertz CT molecular complexity index is 341. The Morgan fingerprint density at radius 2 is 1.80 bits per heavy atom. The summed E-state index contributed by atoms with van der Waals surface area (Å²) in [4.78, 5) is 16.4. The molecule has 1 N–H and O–H groups in total. The molecular weight excluding hydrogens is 214 g/mol. The van der Waals surface area contributed by atoms with Gasteiger partial charge < -0.3 is 4.84 Å². The van der Waals surface area contributed by atoms with Gasteiger partial charge in [-0.2, -0.15) is 0 Å². The highest BCUT2D eigenvalue weighted by Crippen LogP contribution is 2.10. The van der Waals surface area contributed by atoms with Crippen LogP contribution in [-0.4, -0.2) is 11.5 Å². The predicted octanol–water partition coefficient (Wildman–Crippen LogP) is 2.80. The lowest BCUT2D eigenvalue weighted by Gasteiger charge is -2.19. The first-order chi connectivity index (χ1) is 6.88. The van der Waals surface area contributed by atoms with Crippen molar-refractivity contribution in [2.75, 3.05) is 0 Å². The minimum atomic E-state index is -0.415. The molecule has 1 rings (SSSR count). The maximum Gasteiger partial charge on any atom is 0.356 e. The molecule has 0 bridgehead atoms. The van der Waals surface area contributed by atoms with Crippen molar-refractivity contribution in [3.05, 3.63) is 34.9 Å². The Labute approximate surface area is 94.3 Å². The summed E-state index contributed by atoms with van der Waals surface area (Å²) in [6.07, 6.45) is 0. The standard InChI is InChI=1S/C11H14ClNO2/c1-11(2,3)13-15-10(14)8-4-6-9(12)7-5-8/h4-7,13H,1-3H3. The first-order valence-corrected chi connectivity index (χ1v) is 5.00. The van der Waals surface area contributed by atoms with E-state index in [1.807, 2.05) is 20.8 Å². The minimum Gasteiger partial charge on any atom is -0.366 e. The minimum absolute atomic E-state index is 0.262. The van der Waals surface area contributed by atoms with Crippen LogP contribution in [0.3, 0.4) is 0 Å². The van der Waals surface area contributed by atoms with Crippen LogP contribution in [0, 0.1) is 0 Å². The van der Waals surface area contributed by atoms with Crippen molar-refractivity contribution in [1.29, 1.82) is 0 Å². The molecular formula is C11H14ClNO2. The van der Waals surface area contributed by atoms with Crippen LogP contribution in [0.1, 0.15) is 31.1 Å².